The number of thiophene rings is 1. The van der Waals surface area contributed by atoms with Gasteiger partial charge in [0.1, 0.15) is 9.71 Å². The molecule has 0 radical (unpaired) electrons. The van der Waals surface area contributed by atoms with Gasteiger partial charge in [-0.15, -0.1) is 11.3 Å². The number of hydrogen-bond acceptors (Lipinski definition) is 14. The molecule has 268 valence electrons. The number of carboxylic acid groups (broad SMARTS) is 1. The van der Waals surface area contributed by atoms with Crippen molar-refractivity contribution in [2.75, 3.05) is 69.7 Å². The topological polar surface area (TPSA) is 176 Å². The van der Waals surface area contributed by atoms with E-state index >= 15 is 0 Å². The lowest BCUT2D eigenvalue weighted by Crippen LogP contribution is -2.08. The number of benzene rings is 3. The number of ketones is 1. The van der Waals surface area contributed by atoms with Crippen LogP contribution in [0.1, 0.15) is 25.6 Å². The molecule has 3 N–H and O–H groups in total. The van der Waals surface area contributed by atoms with Gasteiger partial charge in [0.25, 0.3) is 0 Å². The maximum Gasteiger partial charge on any atom is 0.338 e. The molecule has 0 fully saturated rings. The largest absolute Gasteiger partial charge is 0.493 e. The molecule has 0 saturated heterocycles. The highest BCUT2D eigenvalue weighted by molar-refractivity contribution is 7.21. The van der Waals surface area contributed by atoms with E-state index in [1.54, 1.807) is 24.3 Å². The molecule has 0 atom stereocenters. The number of anilines is 1. The lowest BCUT2D eigenvalue weighted by atomic mass is 9.92. The summed E-state index contributed by atoms with van der Waals surface area (Å²) in [6.45, 7) is 0. The van der Waals surface area contributed by atoms with Crippen LogP contribution in [0, 0.1) is 0 Å². The second-order valence-electron chi connectivity index (χ2n) is 10.6. The predicted octanol–water partition coefficient (Wildman–Crippen LogP) is 6.22. The lowest BCUT2D eigenvalue weighted by molar-refractivity contribution is 0.0698. The minimum atomic E-state index is -1.33. The number of carbonyl (C=O) groups is 2. The van der Waals surface area contributed by atoms with E-state index < -0.39 is 11.8 Å². The molecule has 0 aliphatic rings. The number of methoxy groups -OCH3 is 9. The summed E-state index contributed by atoms with van der Waals surface area (Å²) in [5.41, 5.74) is 7.61. The molecule has 0 aliphatic heterocycles. The van der Waals surface area contributed by atoms with E-state index in [0.717, 1.165) is 11.3 Å². The molecule has 2 aromatic heterocycles. The Balaban J connectivity index is 1.94. The quantitative estimate of drug-likeness (QED) is 0.124. The van der Waals surface area contributed by atoms with Crippen molar-refractivity contribution in [2.24, 2.45) is 0 Å². The normalized spacial score (nSPS) is 10.8. The van der Waals surface area contributed by atoms with Crippen molar-refractivity contribution in [1.29, 1.82) is 0 Å². The molecule has 14 nitrogen and oxygen atoms in total. The van der Waals surface area contributed by atoms with Crippen LogP contribution in [-0.2, 0) is 0 Å². The monoisotopic (exact) mass is 720 g/mol. The Labute approximate surface area is 297 Å². The van der Waals surface area contributed by atoms with Gasteiger partial charge in [-0.05, 0) is 42.0 Å². The van der Waals surface area contributed by atoms with E-state index in [2.05, 4.69) is 0 Å². The number of hydrogen-bond donors (Lipinski definition) is 2. The van der Waals surface area contributed by atoms with Crippen LogP contribution in [0.3, 0.4) is 0 Å². The fraction of sp³-hybridized carbons (Fsp3) is 0.250. The van der Waals surface area contributed by atoms with Crippen molar-refractivity contribution in [3.63, 3.8) is 0 Å². The molecule has 0 saturated carbocycles. The summed E-state index contributed by atoms with van der Waals surface area (Å²) in [5.74, 6) is 0.618. The molecule has 51 heavy (non-hydrogen) atoms. The van der Waals surface area contributed by atoms with Crippen molar-refractivity contribution >= 4 is 39.0 Å². The highest BCUT2D eigenvalue weighted by atomic mass is 32.1. The Morgan fingerprint density at radius 1 is 0.608 bits per heavy atom. The summed E-state index contributed by atoms with van der Waals surface area (Å²) in [4.78, 5) is 32.8. The zero-order valence-corrected chi connectivity index (χ0v) is 30.2. The van der Waals surface area contributed by atoms with Crippen molar-refractivity contribution in [3.05, 3.63) is 52.4 Å². The number of nitrogen functional groups attached to an aromatic ring is 1. The smallest absolute Gasteiger partial charge is 0.338 e. The van der Waals surface area contributed by atoms with Crippen LogP contribution < -0.4 is 48.4 Å². The SMILES string of the molecule is COc1cc(C(=O)c2sc3nc(-c4cc(OC)c(OC)c(OC)c4)c(C(=O)O)c(-c4cc(OC)c(OC)c(OC)c4)c3c2N)cc(OC)c1OC. The van der Waals surface area contributed by atoms with Gasteiger partial charge in [-0.1, -0.05) is 0 Å². The Hall–Kier alpha value is -6.09. The molecular weight excluding hydrogens is 684 g/mol. The third-order valence-corrected chi connectivity index (χ3v) is 9.21. The third-order valence-electron chi connectivity index (χ3n) is 8.12. The minimum absolute atomic E-state index is 0.00365. The number of nitrogens with zero attached hydrogens (tertiary/aromatic N) is 1. The van der Waals surface area contributed by atoms with E-state index in [-0.39, 0.29) is 83.4 Å². The number of fused-ring (bicyclic) bond motifs is 1. The summed E-state index contributed by atoms with van der Waals surface area (Å²) in [6, 6.07) is 9.37. The van der Waals surface area contributed by atoms with Gasteiger partial charge in [0.05, 0.1) is 80.9 Å². The average Bonchev–Trinajstić information content (AvgIpc) is 3.49. The average molecular weight is 721 g/mol. The number of pyridine rings is 1. The standard InChI is InChI=1S/C36H36N2O12S/c1-42-19-10-16(11-20(43-2)31(19)48-7)25-26-28(37)34(30(39)18-14-23(46-5)33(50-9)24(15-18)47-6)51-35(26)38-29(27(25)36(40)41)17-12-21(44-3)32(49-8)22(13-17)45-4/h10-15H,37H2,1-9H3,(H,40,41). The maximum atomic E-state index is 14.2. The second-order valence-corrected chi connectivity index (χ2v) is 11.6. The molecule has 0 aliphatic carbocycles. The zero-order valence-electron chi connectivity index (χ0n) is 29.3. The van der Waals surface area contributed by atoms with Crippen molar-refractivity contribution < 1.29 is 57.3 Å². The van der Waals surface area contributed by atoms with Crippen LogP contribution in [0.25, 0.3) is 32.6 Å². The number of carbonyl (C=O) groups excluding carboxylic acids is 1. The van der Waals surface area contributed by atoms with Crippen LogP contribution >= 0.6 is 11.3 Å². The molecule has 0 bridgehead atoms. The fourth-order valence-electron chi connectivity index (χ4n) is 5.81. The minimum Gasteiger partial charge on any atom is -0.493 e. The zero-order chi connectivity index (χ0) is 37.1. The number of rotatable bonds is 14. The Morgan fingerprint density at radius 2 is 1.00 bits per heavy atom. The highest BCUT2D eigenvalue weighted by Gasteiger charge is 2.31. The van der Waals surface area contributed by atoms with Crippen molar-refractivity contribution in [3.8, 4) is 74.1 Å². The summed E-state index contributed by atoms with van der Waals surface area (Å²) in [7, 11) is 13.0. The van der Waals surface area contributed by atoms with Crippen LogP contribution in [0.5, 0.6) is 51.7 Å². The second kappa shape index (κ2) is 14.8. The van der Waals surface area contributed by atoms with Gasteiger partial charge in [-0.3, -0.25) is 4.79 Å². The van der Waals surface area contributed by atoms with E-state index in [9.17, 15) is 14.7 Å². The molecule has 5 rings (SSSR count). The van der Waals surface area contributed by atoms with Crippen LogP contribution in [0.15, 0.2) is 36.4 Å². The first-order valence-electron chi connectivity index (χ1n) is 15.0. The molecule has 5 aromatic rings. The predicted molar refractivity (Wildman–Crippen MR) is 191 cm³/mol. The first-order chi connectivity index (χ1) is 24.5. The van der Waals surface area contributed by atoms with Gasteiger partial charge in [0, 0.05) is 22.1 Å². The molecule has 0 unspecified atom stereocenters. The Bertz CT molecular complexity index is 2090. The Morgan fingerprint density at radius 3 is 1.37 bits per heavy atom. The Kier molecular flexibility index (Phi) is 10.5. The maximum absolute atomic E-state index is 14.2. The number of ether oxygens (including phenoxy) is 9. The molecule has 15 heteroatoms. The van der Waals surface area contributed by atoms with Gasteiger partial charge in [-0.25, -0.2) is 9.78 Å². The molecular formula is C36H36N2O12S. The van der Waals surface area contributed by atoms with Gasteiger partial charge < -0.3 is 53.5 Å². The van der Waals surface area contributed by atoms with Gasteiger partial charge in [0.15, 0.2) is 34.5 Å². The van der Waals surface area contributed by atoms with Gasteiger partial charge >= 0.3 is 5.97 Å². The molecule has 2 heterocycles. The fourth-order valence-corrected chi connectivity index (χ4v) is 6.88. The molecule has 0 spiro atoms. The van der Waals surface area contributed by atoms with E-state index in [4.69, 9.17) is 53.3 Å². The van der Waals surface area contributed by atoms with Crippen molar-refractivity contribution in [2.45, 2.75) is 0 Å². The number of nitrogens with two attached hydrogens (primary N) is 1. The van der Waals surface area contributed by atoms with Crippen LogP contribution in [-0.4, -0.2) is 85.8 Å². The van der Waals surface area contributed by atoms with Crippen LogP contribution in [0.4, 0.5) is 5.69 Å². The van der Waals surface area contributed by atoms with E-state index in [1.165, 1.54) is 76.1 Å². The summed E-state index contributed by atoms with van der Waals surface area (Å²) >= 11 is 0.991. The molecule has 3 aromatic carbocycles. The van der Waals surface area contributed by atoms with E-state index in [1.807, 2.05) is 0 Å². The lowest BCUT2D eigenvalue weighted by Gasteiger charge is -2.19. The number of aromatic nitrogens is 1. The first-order valence-corrected chi connectivity index (χ1v) is 15.8. The third kappa shape index (κ3) is 6.16. The van der Waals surface area contributed by atoms with Gasteiger partial charge in [-0.2, -0.15) is 0 Å². The highest BCUT2D eigenvalue weighted by Crippen LogP contribution is 2.50. The summed E-state index contributed by atoms with van der Waals surface area (Å²) in [5, 5.41) is 11.1. The summed E-state index contributed by atoms with van der Waals surface area (Å²) in [6.07, 6.45) is 0. The van der Waals surface area contributed by atoms with E-state index in [0.29, 0.717) is 22.6 Å². The van der Waals surface area contributed by atoms with Gasteiger partial charge in [0.2, 0.25) is 23.0 Å². The first kappa shape index (κ1) is 36.2. The molecule has 0 amide bonds. The number of carboxylic acids is 1. The number of aromatic carboxylic acids is 1. The van der Waals surface area contributed by atoms with Crippen LogP contribution in [0.2, 0.25) is 0 Å². The summed E-state index contributed by atoms with van der Waals surface area (Å²) < 4.78 is 49.8. The van der Waals surface area contributed by atoms with Crippen molar-refractivity contribution in [1.82, 2.24) is 4.98 Å².